The van der Waals surface area contributed by atoms with E-state index in [4.69, 9.17) is 21.1 Å². The number of hydrogen-bond acceptors (Lipinski definition) is 4. The van der Waals surface area contributed by atoms with Crippen LogP contribution in [0.4, 0.5) is 16.2 Å². The second-order valence-corrected chi connectivity index (χ2v) is 5.94. The van der Waals surface area contributed by atoms with Gasteiger partial charge in [-0.05, 0) is 32.9 Å². The summed E-state index contributed by atoms with van der Waals surface area (Å²) in [6.45, 7) is 6.34. The SMILES string of the molecule is CNc1cc(Cl)c2c(c1)N(C(=O)OC(C)(C)C)CCO2. The summed E-state index contributed by atoms with van der Waals surface area (Å²) in [5, 5.41) is 3.48. The maximum atomic E-state index is 12.3. The molecule has 0 aliphatic carbocycles. The summed E-state index contributed by atoms with van der Waals surface area (Å²) < 4.78 is 11.0. The molecule has 0 aromatic heterocycles. The van der Waals surface area contributed by atoms with E-state index in [0.29, 0.717) is 29.6 Å². The number of benzene rings is 1. The number of fused-ring (bicyclic) bond motifs is 1. The lowest BCUT2D eigenvalue weighted by molar-refractivity contribution is 0.0568. The number of halogens is 1. The van der Waals surface area contributed by atoms with Crippen molar-refractivity contribution in [3.05, 3.63) is 17.2 Å². The lowest BCUT2D eigenvalue weighted by Gasteiger charge is -2.32. The standard InChI is InChI=1S/C14H19ClN2O3/c1-14(2,3)20-13(18)17-5-6-19-12-10(15)7-9(16-4)8-11(12)17/h7-8,16H,5-6H2,1-4H3. The maximum Gasteiger partial charge on any atom is 0.415 e. The first-order chi connectivity index (χ1) is 9.31. The molecule has 20 heavy (non-hydrogen) atoms. The van der Waals surface area contributed by atoms with E-state index in [0.717, 1.165) is 5.69 Å². The van der Waals surface area contributed by atoms with Crippen molar-refractivity contribution in [3.8, 4) is 5.75 Å². The summed E-state index contributed by atoms with van der Waals surface area (Å²) in [6.07, 6.45) is -0.397. The molecule has 1 aromatic rings. The molecule has 0 saturated carbocycles. The Morgan fingerprint density at radius 2 is 2.15 bits per heavy atom. The van der Waals surface area contributed by atoms with E-state index in [1.807, 2.05) is 26.8 Å². The van der Waals surface area contributed by atoms with Crippen molar-refractivity contribution in [2.75, 3.05) is 30.4 Å². The van der Waals surface area contributed by atoms with E-state index in [1.54, 1.807) is 18.0 Å². The molecule has 5 nitrogen and oxygen atoms in total. The smallest absolute Gasteiger partial charge is 0.415 e. The molecule has 6 heteroatoms. The fraction of sp³-hybridized carbons (Fsp3) is 0.500. The fourth-order valence-corrected chi connectivity index (χ4v) is 2.20. The summed E-state index contributed by atoms with van der Waals surface area (Å²) in [4.78, 5) is 13.8. The van der Waals surface area contributed by atoms with Gasteiger partial charge in [0.2, 0.25) is 0 Å². The van der Waals surface area contributed by atoms with E-state index in [1.165, 1.54) is 0 Å². The molecule has 0 radical (unpaired) electrons. The Balaban J connectivity index is 2.36. The molecular formula is C14H19ClN2O3. The van der Waals surface area contributed by atoms with Gasteiger partial charge in [-0.1, -0.05) is 11.6 Å². The summed E-state index contributed by atoms with van der Waals surface area (Å²) in [7, 11) is 1.79. The van der Waals surface area contributed by atoms with Crippen LogP contribution in [0.15, 0.2) is 12.1 Å². The van der Waals surface area contributed by atoms with E-state index in [-0.39, 0.29) is 0 Å². The molecule has 1 heterocycles. The van der Waals surface area contributed by atoms with Crippen LogP contribution in [0.5, 0.6) is 5.75 Å². The van der Waals surface area contributed by atoms with Crippen LogP contribution in [-0.4, -0.2) is 31.9 Å². The second kappa shape index (κ2) is 5.40. The van der Waals surface area contributed by atoms with Crippen molar-refractivity contribution in [1.82, 2.24) is 0 Å². The summed E-state index contributed by atoms with van der Waals surface area (Å²) in [5.74, 6) is 0.516. The first-order valence-electron chi connectivity index (χ1n) is 6.46. The lowest BCUT2D eigenvalue weighted by atomic mass is 10.2. The molecule has 0 bridgehead atoms. The van der Waals surface area contributed by atoms with Gasteiger partial charge in [-0.15, -0.1) is 0 Å². The molecule has 0 fully saturated rings. The van der Waals surface area contributed by atoms with Gasteiger partial charge in [-0.25, -0.2) is 4.79 Å². The van der Waals surface area contributed by atoms with E-state index in [2.05, 4.69) is 5.32 Å². The van der Waals surface area contributed by atoms with E-state index < -0.39 is 11.7 Å². The number of carbonyl (C=O) groups excluding carboxylic acids is 1. The Hall–Kier alpha value is -1.62. The fourth-order valence-electron chi connectivity index (χ4n) is 1.93. The number of nitrogens with zero attached hydrogens (tertiary/aromatic N) is 1. The quantitative estimate of drug-likeness (QED) is 0.862. The number of ether oxygens (including phenoxy) is 2. The highest BCUT2D eigenvalue weighted by molar-refractivity contribution is 6.33. The van der Waals surface area contributed by atoms with Gasteiger partial charge in [0.05, 0.1) is 17.3 Å². The van der Waals surface area contributed by atoms with Crippen LogP contribution < -0.4 is 15.0 Å². The van der Waals surface area contributed by atoms with Crippen molar-refractivity contribution in [1.29, 1.82) is 0 Å². The van der Waals surface area contributed by atoms with Crippen LogP contribution in [-0.2, 0) is 4.74 Å². The second-order valence-electron chi connectivity index (χ2n) is 5.54. The highest BCUT2D eigenvalue weighted by Crippen LogP contribution is 2.41. The Kier molecular flexibility index (Phi) is 3.99. The zero-order valence-electron chi connectivity index (χ0n) is 12.1. The van der Waals surface area contributed by atoms with Gasteiger partial charge in [0.25, 0.3) is 0 Å². The molecule has 0 spiro atoms. The van der Waals surface area contributed by atoms with E-state index in [9.17, 15) is 4.79 Å². The first-order valence-corrected chi connectivity index (χ1v) is 6.84. The molecule has 1 aromatic carbocycles. The first kappa shape index (κ1) is 14.8. The molecule has 2 rings (SSSR count). The largest absolute Gasteiger partial charge is 0.488 e. The van der Waals surface area contributed by atoms with Gasteiger partial charge >= 0.3 is 6.09 Å². The monoisotopic (exact) mass is 298 g/mol. The molecule has 110 valence electrons. The molecular weight excluding hydrogens is 280 g/mol. The van der Waals surface area contributed by atoms with Gasteiger partial charge in [-0.2, -0.15) is 0 Å². The third-order valence-electron chi connectivity index (χ3n) is 2.78. The minimum absolute atomic E-state index is 0.394. The normalized spacial score (nSPS) is 14.3. The number of rotatable bonds is 1. The Bertz CT molecular complexity index is 526. The maximum absolute atomic E-state index is 12.3. The average molecular weight is 299 g/mol. The van der Waals surface area contributed by atoms with Crippen LogP contribution in [0.3, 0.4) is 0 Å². The summed E-state index contributed by atoms with van der Waals surface area (Å²) in [6, 6.07) is 3.59. The van der Waals surface area contributed by atoms with Gasteiger partial charge in [0.1, 0.15) is 12.2 Å². The number of hydrogen-bond donors (Lipinski definition) is 1. The molecule has 1 N–H and O–H groups in total. The minimum Gasteiger partial charge on any atom is -0.488 e. The number of amides is 1. The molecule has 0 saturated heterocycles. The van der Waals surface area contributed by atoms with Crippen molar-refractivity contribution in [2.24, 2.45) is 0 Å². The third-order valence-corrected chi connectivity index (χ3v) is 3.06. The van der Waals surface area contributed by atoms with Crippen LogP contribution >= 0.6 is 11.6 Å². The van der Waals surface area contributed by atoms with Crippen LogP contribution in [0.25, 0.3) is 0 Å². The van der Waals surface area contributed by atoms with E-state index >= 15 is 0 Å². The average Bonchev–Trinajstić information content (AvgIpc) is 2.35. The van der Waals surface area contributed by atoms with Crippen LogP contribution in [0, 0.1) is 0 Å². The molecule has 1 aliphatic heterocycles. The lowest BCUT2D eigenvalue weighted by Crippen LogP contribution is -2.41. The van der Waals surface area contributed by atoms with Crippen LogP contribution in [0.2, 0.25) is 5.02 Å². The number of carbonyl (C=O) groups is 1. The molecule has 1 aliphatic rings. The number of nitrogens with one attached hydrogen (secondary N) is 1. The number of anilines is 2. The predicted octanol–water partition coefficient (Wildman–Crippen LogP) is 3.52. The van der Waals surface area contributed by atoms with Gasteiger partial charge in [0.15, 0.2) is 5.75 Å². The summed E-state index contributed by atoms with van der Waals surface area (Å²) >= 11 is 6.19. The Morgan fingerprint density at radius 3 is 2.75 bits per heavy atom. The van der Waals surface area contributed by atoms with Crippen molar-refractivity contribution in [3.63, 3.8) is 0 Å². The summed E-state index contributed by atoms with van der Waals surface area (Å²) in [5.41, 5.74) is 0.898. The van der Waals surface area contributed by atoms with Gasteiger partial charge < -0.3 is 14.8 Å². The Labute approximate surface area is 123 Å². The van der Waals surface area contributed by atoms with Crippen LogP contribution in [0.1, 0.15) is 20.8 Å². The zero-order valence-corrected chi connectivity index (χ0v) is 12.9. The molecule has 0 atom stereocenters. The van der Waals surface area contributed by atoms with Gasteiger partial charge in [0, 0.05) is 12.7 Å². The third kappa shape index (κ3) is 3.10. The zero-order chi connectivity index (χ0) is 14.9. The highest BCUT2D eigenvalue weighted by Gasteiger charge is 2.29. The van der Waals surface area contributed by atoms with Crippen molar-refractivity contribution in [2.45, 2.75) is 26.4 Å². The topological polar surface area (TPSA) is 50.8 Å². The minimum atomic E-state index is -0.542. The highest BCUT2D eigenvalue weighted by atomic mass is 35.5. The van der Waals surface area contributed by atoms with Crippen molar-refractivity contribution < 1.29 is 14.3 Å². The molecule has 1 amide bonds. The molecule has 0 unspecified atom stereocenters. The predicted molar refractivity (Wildman–Crippen MR) is 80.1 cm³/mol. The van der Waals surface area contributed by atoms with Crippen molar-refractivity contribution >= 4 is 29.1 Å². The van der Waals surface area contributed by atoms with Gasteiger partial charge in [-0.3, -0.25) is 4.90 Å². The Morgan fingerprint density at radius 1 is 1.45 bits per heavy atom.